The summed E-state index contributed by atoms with van der Waals surface area (Å²) in [5.74, 6) is 0. The highest BCUT2D eigenvalue weighted by Crippen LogP contribution is 2.25. The van der Waals surface area contributed by atoms with Crippen molar-refractivity contribution < 1.29 is 0 Å². The van der Waals surface area contributed by atoms with Gasteiger partial charge in [-0.15, -0.1) is 0 Å². The fraction of sp³-hybridized carbons (Fsp3) is 0. The minimum atomic E-state index is 1.04. The number of hydrogen-bond acceptors (Lipinski definition) is 0. The van der Waals surface area contributed by atoms with Gasteiger partial charge in [0.15, 0.2) is 0 Å². The van der Waals surface area contributed by atoms with Crippen molar-refractivity contribution in [2.45, 2.75) is 0 Å². The third kappa shape index (κ3) is 1.12. The average molecular weight is 275 g/mol. The second-order valence-electron chi connectivity index (χ2n) is 2.31. The number of hydrogen-bond donors (Lipinski definition) is 0. The molecule has 0 radical (unpaired) electrons. The Morgan fingerprint density at radius 1 is 1.18 bits per heavy atom. The number of nitrogens with zero attached hydrogens (tertiary/aromatic N) is 1. The first-order valence-corrected chi connectivity index (χ1v) is 4.71. The van der Waals surface area contributed by atoms with Crippen molar-refractivity contribution in [1.82, 2.24) is 3.59 Å². The fourth-order valence-corrected chi connectivity index (χ4v) is 1.95. The molecule has 2 rings (SSSR count). The Labute approximate surface area is 81.5 Å². The Kier molecular flexibility index (Phi) is 1.77. The number of benzene rings is 1. The largest absolute Gasteiger partial charge is 0.270 e. The molecule has 0 saturated carbocycles. The Morgan fingerprint density at radius 2 is 1.91 bits per heavy atom. The molecule has 0 atom stereocenters. The van der Waals surface area contributed by atoms with E-state index >= 15 is 0 Å². The summed E-state index contributed by atoms with van der Waals surface area (Å²) in [4.78, 5) is 0. The van der Waals surface area contributed by atoms with E-state index < -0.39 is 0 Å². The zero-order valence-electron chi connectivity index (χ0n) is 5.59. The summed E-state index contributed by atoms with van der Waals surface area (Å²) in [5, 5.41) is 1.23. The molecule has 11 heavy (non-hydrogen) atoms. The van der Waals surface area contributed by atoms with Crippen LogP contribution in [0.25, 0.3) is 10.9 Å². The molecule has 56 valence electrons. The lowest BCUT2D eigenvalue weighted by Crippen LogP contribution is -1.75. The highest BCUT2D eigenvalue weighted by Gasteiger charge is 2.01. The molecule has 0 bridgehead atoms. The van der Waals surface area contributed by atoms with Crippen molar-refractivity contribution in [3.8, 4) is 0 Å². The van der Waals surface area contributed by atoms with Gasteiger partial charge >= 0.3 is 0 Å². The van der Waals surface area contributed by atoms with Crippen LogP contribution in [0.2, 0.25) is 0 Å². The van der Waals surface area contributed by atoms with Crippen molar-refractivity contribution in [2.75, 3.05) is 0 Å². The van der Waals surface area contributed by atoms with E-state index in [0.717, 1.165) is 4.60 Å². The van der Waals surface area contributed by atoms with Crippen LogP contribution >= 0.6 is 32.1 Å². The molecule has 1 aromatic carbocycles. The maximum atomic E-state index is 3.42. The summed E-state index contributed by atoms with van der Waals surface area (Å²) >= 11 is 6.85. The third-order valence-corrected chi connectivity index (χ3v) is 3.43. The Hall–Kier alpha value is -0.280. The van der Waals surface area contributed by atoms with Gasteiger partial charge in [0, 0.05) is 5.39 Å². The Bertz CT molecular complexity index is 392. The second kappa shape index (κ2) is 2.64. The van der Waals surface area contributed by atoms with E-state index in [-0.39, 0.29) is 0 Å². The molecule has 0 amide bonds. The van der Waals surface area contributed by atoms with Gasteiger partial charge < -0.3 is 0 Å². The van der Waals surface area contributed by atoms with E-state index in [0.29, 0.717) is 0 Å². The topological polar surface area (TPSA) is 4.93 Å². The fourth-order valence-electron chi connectivity index (χ4n) is 1.09. The van der Waals surface area contributed by atoms with E-state index in [1.807, 2.05) is 15.7 Å². The molecule has 3 heteroatoms. The lowest BCUT2D eigenvalue weighted by atomic mass is 10.3. The van der Waals surface area contributed by atoms with Crippen molar-refractivity contribution in [3.05, 3.63) is 34.9 Å². The smallest absolute Gasteiger partial charge is 0.0963 e. The predicted molar refractivity (Wildman–Crippen MR) is 54.0 cm³/mol. The van der Waals surface area contributed by atoms with Crippen LogP contribution in [-0.4, -0.2) is 3.59 Å². The van der Waals surface area contributed by atoms with Gasteiger partial charge in [-0.25, -0.2) is 0 Å². The summed E-state index contributed by atoms with van der Waals surface area (Å²) in [6.45, 7) is 0. The first-order valence-electron chi connectivity index (χ1n) is 3.21. The van der Waals surface area contributed by atoms with E-state index in [1.54, 1.807) is 0 Å². The summed E-state index contributed by atoms with van der Waals surface area (Å²) in [6, 6.07) is 10.3. The molecule has 0 aliphatic rings. The van der Waals surface area contributed by atoms with E-state index in [2.05, 4.69) is 50.3 Å². The van der Waals surface area contributed by atoms with Gasteiger partial charge in [-0.1, -0.05) is 18.2 Å². The molecule has 0 aliphatic carbocycles. The molecule has 1 aromatic heterocycles. The van der Waals surface area contributed by atoms with Gasteiger partial charge in [-0.05, 0) is 28.1 Å². The normalized spacial score (nSPS) is 10.7. The summed E-state index contributed by atoms with van der Waals surface area (Å²) in [5.41, 5.74) is 1.18. The van der Waals surface area contributed by atoms with Crippen LogP contribution in [0.15, 0.2) is 34.9 Å². The summed E-state index contributed by atoms with van der Waals surface area (Å²) in [6.07, 6.45) is 0. The molecule has 0 aliphatic heterocycles. The molecule has 0 N–H and O–H groups in total. The lowest BCUT2D eigenvalue weighted by Gasteiger charge is -1.92. The molecule has 0 fully saturated rings. The maximum Gasteiger partial charge on any atom is 0.0963 e. The number of rotatable bonds is 0. The van der Waals surface area contributed by atoms with Crippen LogP contribution in [0, 0.1) is 0 Å². The van der Waals surface area contributed by atoms with Crippen LogP contribution in [0.1, 0.15) is 0 Å². The number of aromatic nitrogens is 1. The van der Waals surface area contributed by atoms with Gasteiger partial charge in [0.25, 0.3) is 0 Å². The van der Waals surface area contributed by atoms with Crippen molar-refractivity contribution in [2.24, 2.45) is 0 Å². The molecule has 0 saturated heterocycles. The lowest BCUT2D eigenvalue weighted by molar-refractivity contribution is 1.33. The van der Waals surface area contributed by atoms with Gasteiger partial charge in [-0.3, -0.25) is 3.59 Å². The molecule has 0 spiro atoms. The van der Waals surface area contributed by atoms with Gasteiger partial charge in [-0.2, -0.15) is 0 Å². The van der Waals surface area contributed by atoms with Gasteiger partial charge in [0.1, 0.15) is 0 Å². The van der Waals surface area contributed by atoms with E-state index in [1.165, 1.54) is 10.9 Å². The summed E-state index contributed by atoms with van der Waals surface area (Å²) < 4.78 is 2.97. The van der Waals surface area contributed by atoms with Crippen LogP contribution in [0.4, 0.5) is 0 Å². The SMILES string of the molecule is Brc1cc2ccccc2n1Br. The Balaban J connectivity index is 2.92. The number of halogens is 2. The molecule has 1 heterocycles. The minimum Gasteiger partial charge on any atom is -0.270 e. The predicted octanol–water partition coefficient (Wildman–Crippen LogP) is 3.56. The second-order valence-corrected chi connectivity index (χ2v) is 3.83. The first-order chi connectivity index (χ1) is 5.29. The number of para-hydroxylation sites is 1. The van der Waals surface area contributed by atoms with Crippen LogP contribution in [-0.2, 0) is 0 Å². The average Bonchev–Trinajstić information content (AvgIpc) is 2.30. The molecular formula is C8H5Br2N. The first kappa shape index (κ1) is 7.37. The monoisotopic (exact) mass is 273 g/mol. The third-order valence-electron chi connectivity index (χ3n) is 1.61. The Morgan fingerprint density at radius 3 is 2.64 bits per heavy atom. The van der Waals surface area contributed by atoms with Crippen LogP contribution in [0.3, 0.4) is 0 Å². The van der Waals surface area contributed by atoms with Crippen LogP contribution in [0.5, 0.6) is 0 Å². The van der Waals surface area contributed by atoms with Crippen molar-refractivity contribution >= 4 is 43.0 Å². The van der Waals surface area contributed by atoms with Crippen molar-refractivity contribution in [1.29, 1.82) is 0 Å². The summed E-state index contributed by atoms with van der Waals surface area (Å²) in [7, 11) is 0. The number of fused-ring (bicyclic) bond motifs is 1. The zero-order chi connectivity index (χ0) is 7.84. The van der Waals surface area contributed by atoms with Crippen molar-refractivity contribution in [3.63, 3.8) is 0 Å². The van der Waals surface area contributed by atoms with Gasteiger partial charge in [0.05, 0.1) is 26.3 Å². The van der Waals surface area contributed by atoms with Crippen LogP contribution < -0.4 is 0 Å². The molecule has 0 unspecified atom stereocenters. The highest BCUT2D eigenvalue weighted by molar-refractivity contribution is 9.12. The van der Waals surface area contributed by atoms with E-state index in [9.17, 15) is 0 Å². The highest BCUT2D eigenvalue weighted by atomic mass is 79.9. The molecule has 2 aromatic rings. The quantitative estimate of drug-likeness (QED) is 0.692. The molecule has 1 nitrogen and oxygen atoms in total. The minimum absolute atomic E-state index is 1.04. The zero-order valence-corrected chi connectivity index (χ0v) is 8.76. The molecular weight excluding hydrogens is 270 g/mol. The maximum absolute atomic E-state index is 3.42. The van der Waals surface area contributed by atoms with Gasteiger partial charge in [0.2, 0.25) is 0 Å². The van der Waals surface area contributed by atoms with E-state index in [4.69, 9.17) is 0 Å². The standard InChI is InChI=1S/C8H5Br2N/c9-8-5-6-3-1-2-4-7(6)11(8)10/h1-5H.